The fourth-order valence-corrected chi connectivity index (χ4v) is 1.95. The molecule has 0 aliphatic carbocycles. The lowest BCUT2D eigenvalue weighted by Crippen LogP contribution is -2.19. The molecule has 21 heavy (non-hydrogen) atoms. The van der Waals surface area contributed by atoms with Gasteiger partial charge in [0, 0.05) is 6.42 Å². The highest BCUT2D eigenvalue weighted by Crippen LogP contribution is 2.14. The van der Waals surface area contributed by atoms with Crippen LogP contribution in [0.3, 0.4) is 0 Å². The van der Waals surface area contributed by atoms with Gasteiger partial charge in [0.1, 0.15) is 12.3 Å². The molecule has 0 bridgehead atoms. The summed E-state index contributed by atoms with van der Waals surface area (Å²) in [6.45, 7) is 3.65. The van der Waals surface area contributed by atoms with Gasteiger partial charge in [-0.2, -0.15) is 0 Å². The minimum Gasteiger partial charge on any atom is -0.478 e. The van der Waals surface area contributed by atoms with Crippen LogP contribution in [0.5, 0.6) is 0 Å². The predicted molar refractivity (Wildman–Crippen MR) is 77.3 cm³/mol. The SMILES string of the molecule is CCCCC(F)CC(C)OC(=O)c1ccc(C(=O)O)cc1. The largest absolute Gasteiger partial charge is 0.478 e. The fourth-order valence-electron chi connectivity index (χ4n) is 1.95. The van der Waals surface area contributed by atoms with Crippen molar-refractivity contribution in [1.29, 1.82) is 0 Å². The molecule has 0 saturated heterocycles. The molecule has 2 atom stereocenters. The zero-order chi connectivity index (χ0) is 15.8. The number of rotatable bonds is 8. The maximum atomic E-state index is 13.6. The Bertz CT molecular complexity index is 470. The molecule has 4 nitrogen and oxygen atoms in total. The van der Waals surface area contributed by atoms with Crippen molar-refractivity contribution in [1.82, 2.24) is 0 Å². The molecule has 116 valence electrons. The highest BCUT2D eigenvalue weighted by atomic mass is 19.1. The lowest BCUT2D eigenvalue weighted by molar-refractivity contribution is 0.0266. The van der Waals surface area contributed by atoms with E-state index in [0.29, 0.717) is 6.42 Å². The standard InChI is InChI=1S/C16H21FO4/c1-3-4-5-14(17)10-11(2)21-16(20)13-8-6-12(7-9-13)15(18)19/h6-9,11,14H,3-5,10H2,1-2H3,(H,18,19). The summed E-state index contributed by atoms with van der Waals surface area (Å²) in [5.41, 5.74) is 0.360. The first-order valence-electron chi connectivity index (χ1n) is 7.12. The Labute approximate surface area is 123 Å². The topological polar surface area (TPSA) is 63.6 Å². The zero-order valence-corrected chi connectivity index (χ0v) is 12.3. The van der Waals surface area contributed by atoms with Gasteiger partial charge in [-0.05, 0) is 37.6 Å². The highest BCUT2D eigenvalue weighted by Gasteiger charge is 2.17. The second-order valence-corrected chi connectivity index (χ2v) is 5.07. The highest BCUT2D eigenvalue weighted by molar-refractivity contribution is 5.92. The minimum absolute atomic E-state index is 0.1000. The molecule has 0 fully saturated rings. The number of ether oxygens (including phenoxy) is 1. The van der Waals surface area contributed by atoms with Gasteiger partial charge in [0.15, 0.2) is 0 Å². The van der Waals surface area contributed by atoms with Gasteiger partial charge in [0.05, 0.1) is 11.1 Å². The van der Waals surface area contributed by atoms with Crippen molar-refractivity contribution in [3.63, 3.8) is 0 Å². The molecule has 1 rings (SSSR count). The van der Waals surface area contributed by atoms with E-state index in [1.807, 2.05) is 6.92 Å². The summed E-state index contributed by atoms with van der Waals surface area (Å²) < 4.78 is 18.7. The zero-order valence-electron chi connectivity index (χ0n) is 12.3. The fraction of sp³-hybridized carbons (Fsp3) is 0.500. The van der Waals surface area contributed by atoms with Gasteiger partial charge in [-0.1, -0.05) is 19.8 Å². The van der Waals surface area contributed by atoms with E-state index in [0.717, 1.165) is 12.8 Å². The van der Waals surface area contributed by atoms with Crippen molar-refractivity contribution in [3.8, 4) is 0 Å². The predicted octanol–water partition coefficient (Wildman–Crippen LogP) is 3.85. The van der Waals surface area contributed by atoms with E-state index in [1.54, 1.807) is 6.92 Å². The average molecular weight is 296 g/mol. The molecule has 0 aliphatic heterocycles. The van der Waals surface area contributed by atoms with Gasteiger partial charge in [-0.15, -0.1) is 0 Å². The van der Waals surface area contributed by atoms with Gasteiger partial charge in [0.2, 0.25) is 0 Å². The van der Waals surface area contributed by atoms with Gasteiger partial charge in [-0.3, -0.25) is 0 Å². The molecule has 0 aliphatic rings. The van der Waals surface area contributed by atoms with Crippen LogP contribution in [-0.2, 0) is 4.74 Å². The van der Waals surface area contributed by atoms with E-state index >= 15 is 0 Å². The normalized spacial score (nSPS) is 13.5. The Morgan fingerprint density at radius 3 is 2.33 bits per heavy atom. The molecule has 1 aromatic rings. The van der Waals surface area contributed by atoms with Crippen LogP contribution in [0, 0.1) is 0 Å². The number of carboxylic acids is 1. The van der Waals surface area contributed by atoms with E-state index in [9.17, 15) is 14.0 Å². The van der Waals surface area contributed by atoms with Crippen LogP contribution in [0.2, 0.25) is 0 Å². The number of carboxylic acid groups (broad SMARTS) is 1. The van der Waals surface area contributed by atoms with E-state index in [1.165, 1.54) is 24.3 Å². The van der Waals surface area contributed by atoms with Crippen molar-refractivity contribution in [2.75, 3.05) is 0 Å². The van der Waals surface area contributed by atoms with Gasteiger partial charge in [0.25, 0.3) is 0 Å². The molecule has 5 heteroatoms. The van der Waals surface area contributed by atoms with Gasteiger partial charge in [-0.25, -0.2) is 14.0 Å². The molecule has 0 radical (unpaired) electrons. The molecule has 0 heterocycles. The number of unbranched alkanes of at least 4 members (excludes halogenated alkanes) is 1. The molecule has 0 spiro atoms. The third-order valence-electron chi connectivity index (χ3n) is 3.13. The number of esters is 1. The first-order valence-corrected chi connectivity index (χ1v) is 7.12. The lowest BCUT2D eigenvalue weighted by Gasteiger charge is -2.15. The van der Waals surface area contributed by atoms with Crippen LogP contribution in [0.15, 0.2) is 24.3 Å². The number of hydrogen-bond acceptors (Lipinski definition) is 3. The third-order valence-corrected chi connectivity index (χ3v) is 3.13. The number of alkyl halides is 1. The Morgan fingerprint density at radius 1 is 1.24 bits per heavy atom. The monoisotopic (exact) mass is 296 g/mol. The molecule has 1 N–H and O–H groups in total. The van der Waals surface area contributed by atoms with Crippen LogP contribution in [0.1, 0.15) is 60.2 Å². The Kier molecular flexibility index (Phi) is 6.85. The summed E-state index contributed by atoms with van der Waals surface area (Å²) in [6.07, 6.45) is 0.929. The maximum absolute atomic E-state index is 13.6. The smallest absolute Gasteiger partial charge is 0.338 e. The van der Waals surface area contributed by atoms with E-state index in [2.05, 4.69) is 0 Å². The Morgan fingerprint density at radius 2 is 1.81 bits per heavy atom. The minimum atomic E-state index is -1.06. The molecule has 0 saturated carbocycles. The second-order valence-electron chi connectivity index (χ2n) is 5.07. The van der Waals surface area contributed by atoms with Crippen molar-refractivity contribution in [2.45, 2.75) is 51.8 Å². The quantitative estimate of drug-likeness (QED) is 0.740. The third kappa shape index (κ3) is 5.94. The first kappa shape index (κ1) is 17.1. The number of benzene rings is 1. The molecular formula is C16H21FO4. The number of hydrogen-bond donors (Lipinski definition) is 1. The first-order chi connectivity index (χ1) is 9.93. The molecule has 0 aromatic heterocycles. The number of aromatic carboxylic acids is 1. The molecule has 2 unspecified atom stereocenters. The average Bonchev–Trinajstić information content (AvgIpc) is 2.44. The summed E-state index contributed by atoms with van der Waals surface area (Å²) in [5, 5.41) is 8.77. The van der Waals surface area contributed by atoms with Crippen molar-refractivity contribution in [2.24, 2.45) is 0 Å². The summed E-state index contributed by atoms with van der Waals surface area (Å²) in [5.74, 6) is -1.62. The van der Waals surface area contributed by atoms with Gasteiger partial charge >= 0.3 is 11.9 Å². The van der Waals surface area contributed by atoms with E-state index < -0.39 is 24.2 Å². The summed E-state index contributed by atoms with van der Waals surface area (Å²) >= 11 is 0. The Balaban J connectivity index is 2.50. The summed E-state index contributed by atoms with van der Waals surface area (Å²) in [7, 11) is 0. The second kappa shape index (κ2) is 8.39. The molecule has 0 amide bonds. The number of carbonyl (C=O) groups excluding carboxylic acids is 1. The lowest BCUT2D eigenvalue weighted by atomic mass is 10.1. The van der Waals surface area contributed by atoms with E-state index in [4.69, 9.17) is 9.84 Å². The number of carbonyl (C=O) groups is 2. The van der Waals surface area contributed by atoms with Crippen LogP contribution < -0.4 is 0 Å². The summed E-state index contributed by atoms with van der Waals surface area (Å²) in [6, 6.07) is 5.45. The van der Waals surface area contributed by atoms with Crippen LogP contribution in [0.25, 0.3) is 0 Å². The molecular weight excluding hydrogens is 275 g/mol. The maximum Gasteiger partial charge on any atom is 0.338 e. The van der Waals surface area contributed by atoms with Crippen LogP contribution in [-0.4, -0.2) is 29.3 Å². The van der Waals surface area contributed by atoms with E-state index in [-0.39, 0.29) is 17.5 Å². The van der Waals surface area contributed by atoms with Gasteiger partial charge < -0.3 is 9.84 Å². The molecule has 1 aromatic carbocycles. The Hall–Kier alpha value is -1.91. The van der Waals surface area contributed by atoms with Crippen molar-refractivity contribution >= 4 is 11.9 Å². The van der Waals surface area contributed by atoms with Crippen LogP contribution >= 0.6 is 0 Å². The van der Waals surface area contributed by atoms with Crippen LogP contribution in [0.4, 0.5) is 4.39 Å². The number of halogens is 1. The van der Waals surface area contributed by atoms with Crippen molar-refractivity contribution in [3.05, 3.63) is 35.4 Å². The summed E-state index contributed by atoms with van der Waals surface area (Å²) in [4.78, 5) is 22.5. The van der Waals surface area contributed by atoms with Crippen molar-refractivity contribution < 1.29 is 23.8 Å².